The van der Waals surface area contributed by atoms with Crippen molar-refractivity contribution < 1.29 is 5.11 Å². The number of aliphatic hydroxyl groups is 1. The maximum absolute atomic E-state index is 9.84. The van der Waals surface area contributed by atoms with Crippen LogP contribution in [0.5, 0.6) is 0 Å². The lowest BCUT2D eigenvalue weighted by Crippen LogP contribution is -2.43. The quantitative estimate of drug-likeness (QED) is 0.814. The lowest BCUT2D eigenvalue weighted by Gasteiger charge is -2.38. The third-order valence-electron chi connectivity index (χ3n) is 4.13. The Hall–Kier alpha value is -0.860. The van der Waals surface area contributed by atoms with Crippen LogP contribution in [0, 0.1) is 0 Å². The Labute approximate surface area is 96.5 Å². The smallest absolute Gasteiger partial charge is 0.0690 e. The van der Waals surface area contributed by atoms with E-state index < -0.39 is 5.60 Å². The Morgan fingerprint density at radius 2 is 1.69 bits per heavy atom. The fourth-order valence-corrected chi connectivity index (χ4v) is 2.50. The molecule has 0 aliphatic heterocycles. The van der Waals surface area contributed by atoms with Crippen LogP contribution in [0.25, 0.3) is 0 Å². The van der Waals surface area contributed by atoms with Gasteiger partial charge in [-0.15, -0.1) is 0 Å². The number of hydrogen-bond donors (Lipinski definition) is 2. The summed E-state index contributed by atoms with van der Waals surface area (Å²) in [6.07, 6.45) is 6.17. The number of rotatable bonds is 3. The van der Waals surface area contributed by atoms with Gasteiger partial charge in [0.25, 0.3) is 0 Å². The second kappa shape index (κ2) is 3.31. The zero-order valence-electron chi connectivity index (χ0n) is 9.58. The molecule has 1 aromatic rings. The first kappa shape index (κ1) is 10.3. The molecule has 0 saturated heterocycles. The number of benzene rings is 1. The molecule has 2 heteroatoms. The Morgan fingerprint density at radius 1 is 1.06 bits per heavy atom. The largest absolute Gasteiger partial charge is 0.390 e. The van der Waals surface area contributed by atoms with Crippen molar-refractivity contribution >= 4 is 0 Å². The van der Waals surface area contributed by atoms with E-state index in [0.29, 0.717) is 0 Å². The summed E-state index contributed by atoms with van der Waals surface area (Å²) in [6, 6.07) is 8.53. The van der Waals surface area contributed by atoms with Crippen LogP contribution in [0.4, 0.5) is 0 Å². The minimum atomic E-state index is -0.390. The number of nitrogens with two attached hydrogens (primary N) is 1. The molecule has 0 spiro atoms. The van der Waals surface area contributed by atoms with E-state index in [1.807, 2.05) is 0 Å². The molecule has 0 aromatic heterocycles. The van der Waals surface area contributed by atoms with Crippen LogP contribution >= 0.6 is 0 Å². The van der Waals surface area contributed by atoms with Crippen molar-refractivity contribution in [1.29, 1.82) is 0 Å². The number of hydrogen-bond acceptors (Lipinski definition) is 2. The first-order chi connectivity index (χ1) is 7.60. The molecular formula is C14H19NO. The fraction of sp³-hybridized carbons (Fsp3) is 0.571. The molecule has 86 valence electrons. The molecule has 2 aliphatic carbocycles. The van der Waals surface area contributed by atoms with Crippen LogP contribution < -0.4 is 5.73 Å². The first-order valence-electron chi connectivity index (χ1n) is 6.20. The van der Waals surface area contributed by atoms with Gasteiger partial charge in [0.1, 0.15) is 0 Å². The summed E-state index contributed by atoms with van der Waals surface area (Å²) in [5, 5.41) is 9.84. The van der Waals surface area contributed by atoms with Gasteiger partial charge in [0.2, 0.25) is 0 Å². The predicted molar refractivity (Wildman–Crippen MR) is 64.0 cm³/mol. The lowest BCUT2D eigenvalue weighted by atomic mass is 9.72. The van der Waals surface area contributed by atoms with E-state index in [0.717, 1.165) is 32.1 Å². The molecule has 0 radical (unpaired) electrons. The standard InChI is InChI=1S/C14H19NO/c15-14(6-1-7-14)12-4-2-11(3-5-12)10-13(16)8-9-13/h2-5,16H,1,6-10,15H2. The molecule has 2 nitrogen and oxygen atoms in total. The third-order valence-corrected chi connectivity index (χ3v) is 4.13. The van der Waals surface area contributed by atoms with Crippen molar-refractivity contribution in [3.63, 3.8) is 0 Å². The predicted octanol–water partition coefficient (Wildman–Crippen LogP) is 2.09. The highest BCUT2D eigenvalue weighted by atomic mass is 16.3. The van der Waals surface area contributed by atoms with Crippen molar-refractivity contribution in [2.24, 2.45) is 5.73 Å². The molecule has 0 atom stereocenters. The highest BCUT2D eigenvalue weighted by Crippen LogP contribution is 2.40. The van der Waals surface area contributed by atoms with Crippen molar-refractivity contribution in [2.75, 3.05) is 0 Å². The molecule has 16 heavy (non-hydrogen) atoms. The van der Waals surface area contributed by atoms with Crippen molar-refractivity contribution in [3.05, 3.63) is 35.4 Å². The summed E-state index contributed by atoms with van der Waals surface area (Å²) < 4.78 is 0. The van der Waals surface area contributed by atoms with E-state index >= 15 is 0 Å². The SMILES string of the molecule is NC1(c2ccc(CC3(O)CC3)cc2)CCC1. The Balaban J connectivity index is 1.74. The molecule has 2 fully saturated rings. The molecular weight excluding hydrogens is 198 g/mol. The van der Waals surface area contributed by atoms with E-state index in [-0.39, 0.29) is 5.54 Å². The van der Waals surface area contributed by atoms with E-state index in [1.54, 1.807) is 0 Å². The lowest BCUT2D eigenvalue weighted by molar-refractivity contribution is 0.151. The summed E-state index contributed by atoms with van der Waals surface area (Å²) in [4.78, 5) is 0. The molecule has 2 saturated carbocycles. The molecule has 3 rings (SSSR count). The Bertz CT molecular complexity index is 388. The average Bonchev–Trinajstić information content (AvgIpc) is 2.94. The summed E-state index contributed by atoms with van der Waals surface area (Å²) >= 11 is 0. The Kier molecular flexibility index (Phi) is 2.13. The molecule has 1 aromatic carbocycles. The third kappa shape index (κ3) is 1.76. The van der Waals surface area contributed by atoms with Gasteiger partial charge in [0, 0.05) is 12.0 Å². The van der Waals surface area contributed by atoms with Gasteiger partial charge in [-0.2, -0.15) is 0 Å². The molecule has 0 heterocycles. The Morgan fingerprint density at radius 3 is 2.12 bits per heavy atom. The monoisotopic (exact) mass is 217 g/mol. The van der Waals surface area contributed by atoms with Gasteiger partial charge in [-0.1, -0.05) is 24.3 Å². The highest BCUT2D eigenvalue weighted by molar-refractivity contribution is 5.31. The second-order valence-electron chi connectivity index (χ2n) is 5.61. The van der Waals surface area contributed by atoms with Gasteiger partial charge in [-0.05, 0) is 43.2 Å². The zero-order valence-corrected chi connectivity index (χ0v) is 9.58. The van der Waals surface area contributed by atoms with Gasteiger partial charge in [-0.3, -0.25) is 0 Å². The van der Waals surface area contributed by atoms with Gasteiger partial charge >= 0.3 is 0 Å². The van der Waals surface area contributed by atoms with Crippen molar-refractivity contribution in [1.82, 2.24) is 0 Å². The minimum Gasteiger partial charge on any atom is -0.390 e. The van der Waals surface area contributed by atoms with Gasteiger partial charge in [0.05, 0.1) is 5.60 Å². The normalized spacial score (nSPS) is 24.9. The second-order valence-corrected chi connectivity index (χ2v) is 5.61. The van der Waals surface area contributed by atoms with Crippen molar-refractivity contribution in [3.8, 4) is 0 Å². The summed E-state index contributed by atoms with van der Waals surface area (Å²) in [7, 11) is 0. The molecule has 0 amide bonds. The van der Waals surface area contributed by atoms with Crippen LogP contribution in [0.3, 0.4) is 0 Å². The maximum atomic E-state index is 9.84. The van der Waals surface area contributed by atoms with Crippen LogP contribution in [0.15, 0.2) is 24.3 Å². The van der Waals surface area contributed by atoms with E-state index in [4.69, 9.17) is 5.73 Å². The maximum Gasteiger partial charge on any atom is 0.0690 e. The van der Waals surface area contributed by atoms with Crippen molar-refractivity contribution in [2.45, 2.75) is 49.7 Å². The highest BCUT2D eigenvalue weighted by Gasteiger charge is 2.40. The minimum absolute atomic E-state index is 0.0605. The molecule has 0 bridgehead atoms. The molecule has 2 aliphatic rings. The summed E-state index contributed by atoms with van der Waals surface area (Å²) in [6.45, 7) is 0. The van der Waals surface area contributed by atoms with E-state index in [9.17, 15) is 5.11 Å². The summed E-state index contributed by atoms with van der Waals surface area (Å²) in [5.41, 5.74) is 8.30. The van der Waals surface area contributed by atoms with Gasteiger partial charge < -0.3 is 10.8 Å². The topological polar surface area (TPSA) is 46.2 Å². The molecule has 0 unspecified atom stereocenters. The first-order valence-corrected chi connectivity index (χ1v) is 6.20. The van der Waals surface area contributed by atoms with E-state index in [1.165, 1.54) is 17.5 Å². The van der Waals surface area contributed by atoms with Crippen LogP contribution in [-0.4, -0.2) is 10.7 Å². The fourth-order valence-electron chi connectivity index (χ4n) is 2.50. The summed E-state index contributed by atoms with van der Waals surface area (Å²) in [5.74, 6) is 0. The van der Waals surface area contributed by atoms with Gasteiger partial charge in [0.15, 0.2) is 0 Å². The average molecular weight is 217 g/mol. The molecule has 3 N–H and O–H groups in total. The van der Waals surface area contributed by atoms with Crippen LogP contribution in [-0.2, 0) is 12.0 Å². The van der Waals surface area contributed by atoms with Crippen LogP contribution in [0.2, 0.25) is 0 Å². The van der Waals surface area contributed by atoms with E-state index in [2.05, 4.69) is 24.3 Å². The van der Waals surface area contributed by atoms with Crippen LogP contribution in [0.1, 0.15) is 43.2 Å². The van der Waals surface area contributed by atoms with Gasteiger partial charge in [-0.25, -0.2) is 0 Å². The zero-order chi connectivity index (χ0) is 11.2.